The molecule has 3 aromatic rings. The summed E-state index contributed by atoms with van der Waals surface area (Å²) >= 11 is 0. The SMILES string of the molecule is CCn1cc(/C=C(\NC(=O)c2ccccc2OC)C(=O)N(CC(C)C)CC(C)C)c2ccccc21. The molecule has 6 nitrogen and oxygen atoms in total. The van der Waals surface area contributed by atoms with Crippen molar-refractivity contribution in [1.29, 1.82) is 0 Å². The largest absolute Gasteiger partial charge is 0.496 e. The van der Waals surface area contributed by atoms with Gasteiger partial charge in [-0.25, -0.2) is 0 Å². The molecule has 0 unspecified atom stereocenters. The molecule has 0 atom stereocenters. The smallest absolute Gasteiger partial charge is 0.270 e. The quantitative estimate of drug-likeness (QED) is 0.389. The van der Waals surface area contributed by atoms with E-state index < -0.39 is 0 Å². The van der Waals surface area contributed by atoms with Crippen LogP contribution in [-0.2, 0) is 11.3 Å². The second-order valence-electron chi connectivity index (χ2n) is 9.60. The average Bonchev–Trinajstić information content (AvgIpc) is 3.19. The number of benzene rings is 2. The van der Waals surface area contributed by atoms with E-state index in [-0.39, 0.29) is 17.5 Å². The van der Waals surface area contributed by atoms with Crippen molar-refractivity contribution < 1.29 is 14.3 Å². The molecule has 0 radical (unpaired) electrons. The molecule has 186 valence electrons. The number of aromatic nitrogens is 1. The number of methoxy groups -OCH3 is 1. The molecule has 2 aromatic carbocycles. The van der Waals surface area contributed by atoms with Crippen LogP contribution in [0.4, 0.5) is 0 Å². The lowest BCUT2D eigenvalue weighted by Crippen LogP contribution is -2.42. The molecule has 0 saturated carbocycles. The minimum Gasteiger partial charge on any atom is -0.496 e. The van der Waals surface area contributed by atoms with Crippen molar-refractivity contribution in [1.82, 2.24) is 14.8 Å². The molecular formula is C29H37N3O3. The maximum absolute atomic E-state index is 13.9. The predicted octanol–water partition coefficient (Wildman–Crippen LogP) is 5.58. The lowest BCUT2D eigenvalue weighted by molar-refractivity contribution is -0.128. The number of fused-ring (bicyclic) bond motifs is 1. The predicted molar refractivity (Wildman–Crippen MR) is 142 cm³/mol. The van der Waals surface area contributed by atoms with E-state index in [1.54, 1.807) is 24.3 Å². The third-order valence-electron chi connectivity index (χ3n) is 5.75. The number of carbonyl (C=O) groups is 2. The van der Waals surface area contributed by atoms with Crippen LogP contribution in [0.3, 0.4) is 0 Å². The van der Waals surface area contributed by atoms with Crippen LogP contribution in [0.25, 0.3) is 17.0 Å². The van der Waals surface area contributed by atoms with Gasteiger partial charge in [0.05, 0.1) is 12.7 Å². The first-order chi connectivity index (χ1) is 16.7. The van der Waals surface area contributed by atoms with Crippen molar-refractivity contribution in [3.63, 3.8) is 0 Å². The van der Waals surface area contributed by atoms with Crippen molar-refractivity contribution in [2.24, 2.45) is 11.8 Å². The molecule has 1 N–H and O–H groups in total. The van der Waals surface area contributed by atoms with Gasteiger partial charge in [0.2, 0.25) is 0 Å². The molecule has 0 bridgehead atoms. The van der Waals surface area contributed by atoms with Crippen LogP contribution in [0.2, 0.25) is 0 Å². The van der Waals surface area contributed by atoms with Gasteiger partial charge < -0.3 is 19.5 Å². The Bertz CT molecular complexity index is 1200. The summed E-state index contributed by atoms with van der Waals surface area (Å²) in [5.41, 5.74) is 2.61. The number of hydrogen-bond donors (Lipinski definition) is 1. The molecule has 1 aromatic heterocycles. The number of rotatable bonds is 10. The zero-order valence-electron chi connectivity index (χ0n) is 21.7. The highest BCUT2D eigenvalue weighted by atomic mass is 16.5. The van der Waals surface area contributed by atoms with E-state index in [0.29, 0.717) is 36.2 Å². The fraction of sp³-hybridized carbons (Fsp3) is 0.379. The number of amides is 2. The van der Waals surface area contributed by atoms with Crippen LogP contribution in [0.1, 0.15) is 50.5 Å². The molecule has 0 aliphatic heterocycles. The summed E-state index contributed by atoms with van der Waals surface area (Å²) in [5, 5.41) is 3.95. The van der Waals surface area contributed by atoms with E-state index in [1.807, 2.05) is 35.4 Å². The van der Waals surface area contributed by atoms with E-state index in [9.17, 15) is 9.59 Å². The summed E-state index contributed by atoms with van der Waals surface area (Å²) in [6.07, 6.45) is 3.83. The molecule has 0 fully saturated rings. The number of carbonyl (C=O) groups excluding carboxylic acids is 2. The van der Waals surface area contributed by atoms with Gasteiger partial charge in [-0.3, -0.25) is 9.59 Å². The van der Waals surface area contributed by atoms with Crippen molar-refractivity contribution >= 4 is 28.8 Å². The molecule has 0 spiro atoms. The first-order valence-corrected chi connectivity index (χ1v) is 12.3. The first-order valence-electron chi connectivity index (χ1n) is 12.3. The Labute approximate surface area is 208 Å². The first kappa shape index (κ1) is 26.1. The molecule has 0 aliphatic carbocycles. The van der Waals surface area contributed by atoms with Crippen LogP contribution in [0, 0.1) is 11.8 Å². The third-order valence-corrected chi connectivity index (χ3v) is 5.75. The van der Waals surface area contributed by atoms with Crippen molar-refractivity contribution in [2.75, 3.05) is 20.2 Å². The van der Waals surface area contributed by atoms with Crippen molar-refractivity contribution in [2.45, 2.75) is 41.2 Å². The van der Waals surface area contributed by atoms with E-state index in [2.05, 4.69) is 50.6 Å². The highest BCUT2D eigenvalue weighted by Gasteiger charge is 2.24. The standard InChI is InChI=1S/C29H37N3O3/c1-7-31-19-22(23-12-8-10-14-26(23)31)16-25(29(34)32(17-20(2)3)18-21(4)5)30-28(33)24-13-9-11-15-27(24)35-6/h8-16,19-21H,7,17-18H2,1-6H3,(H,30,33)/b25-16-. The minimum absolute atomic E-state index is 0.191. The fourth-order valence-corrected chi connectivity index (χ4v) is 4.27. The molecule has 2 amide bonds. The summed E-state index contributed by atoms with van der Waals surface area (Å²) < 4.78 is 7.52. The van der Waals surface area contributed by atoms with Crippen LogP contribution in [0.5, 0.6) is 5.75 Å². The molecule has 0 aliphatic rings. The third kappa shape index (κ3) is 6.32. The van der Waals surface area contributed by atoms with E-state index in [1.165, 1.54) is 7.11 Å². The van der Waals surface area contributed by atoms with Gasteiger partial charge in [-0.05, 0) is 43.0 Å². The number of para-hydroxylation sites is 2. The zero-order chi connectivity index (χ0) is 25.5. The molecule has 35 heavy (non-hydrogen) atoms. The van der Waals surface area contributed by atoms with Gasteiger partial charge >= 0.3 is 0 Å². The van der Waals surface area contributed by atoms with Crippen LogP contribution in [-0.4, -0.2) is 41.5 Å². The Morgan fingerprint density at radius 3 is 2.26 bits per heavy atom. The second kappa shape index (κ2) is 11.7. The number of hydrogen-bond acceptors (Lipinski definition) is 3. The highest BCUT2D eigenvalue weighted by Crippen LogP contribution is 2.25. The van der Waals surface area contributed by atoms with E-state index >= 15 is 0 Å². The van der Waals surface area contributed by atoms with Crippen LogP contribution in [0.15, 0.2) is 60.4 Å². The van der Waals surface area contributed by atoms with Gasteiger partial charge in [0.15, 0.2) is 0 Å². The minimum atomic E-state index is -0.379. The Morgan fingerprint density at radius 2 is 1.63 bits per heavy atom. The fourth-order valence-electron chi connectivity index (χ4n) is 4.27. The Morgan fingerprint density at radius 1 is 1.00 bits per heavy atom. The van der Waals surface area contributed by atoms with Crippen molar-refractivity contribution in [3.8, 4) is 5.75 Å². The van der Waals surface area contributed by atoms with Crippen molar-refractivity contribution in [3.05, 3.63) is 71.6 Å². The van der Waals surface area contributed by atoms with E-state index in [0.717, 1.165) is 23.0 Å². The van der Waals surface area contributed by atoms with Gasteiger partial charge in [-0.15, -0.1) is 0 Å². The van der Waals surface area contributed by atoms with Gasteiger partial charge in [0.25, 0.3) is 11.8 Å². The van der Waals surface area contributed by atoms with Gasteiger partial charge in [0, 0.05) is 42.3 Å². The number of nitrogens with zero attached hydrogens (tertiary/aromatic N) is 2. The highest BCUT2D eigenvalue weighted by molar-refractivity contribution is 6.07. The number of nitrogens with one attached hydrogen (secondary N) is 1. The maximum atomic E-state index is 13.9. The second-order valence-corrected chi connectivity index (χ2v) is 9.60. The van der Waals surface area contributed by atoms with E-state index in [4.69, 9.17) is 4.74 Å². The zero-order valence-corrected chi connectivity index (χ0v) is 21.7. The number of aryl methyl sites for hydroxylation is 1. The number of ether oxygens (including phenoxy) is 1. The van der Waals surface area contributed by atoms with Crippen LogP contribution >= 0.6 is 0 Å². The summed E-state index contributed by atoms with van der Waals surface area (Å²) in [6, 6.07) is 15.1. The Balaban J connectivity index is 2.09. The van der Waals surface area contributed by atoms with Crippen LogP contribution < -0.4 is 10.1 Å². The Hall–Kier alpha value is -3.54. The average molecular weight is 476 g/mol. The normalized spacial score (nSPS) is 11.8. The molecule has 3 rings (SSSR count). The van der Waals surface area contributed by atoms with Gasteiger partial charge in [-0.1, -0.05) is 58.0 Å². The van der Waals surface area contributed by atoms with Gasteiger partial charge in [0.1, 0.15) is 11.4 Å². The summed E-state index contributed by atoms with van der Waals surface area (Å²) in [5.74, 6) is 0.483. The molecular weight excluding hydrogens is 438 g/mol. The summed E-state index contributed by atoms with van der Waals surface area (Å²) in [6.45, 7) is 12.5. The molecule has 1 heterocycles. The molecule has 6 heteroatoms. The topological polar surface area (TPSA) is 63.6 Å². The maximum Gasteiger partial charge on any atom is 0.270 e. The Kier molecular flexibility index (Phi) is 8.74. The monoisotopic (exact) mass is 475 g/mol. The lowest BCUT2D eigenvalue weighted by atomic mass is 10.1. The summed E-state index contributed by atoms with van der Waals surface area (Å²) in [4.78, 5) is 29.0. The molecule has 0 saturated heterocycles. The lowest BCUT2D eigenvalue weighted by Gasteiger charge is -2.27. The summed E-state index contributed by atoms with van der Waals surface area (Å²) in [7, 11) is 1.53. The van der Waals surface area contributed by atoms with Gasteiger partial charge in [-0.2, -0.15) is 0 Å².